The summed E-state index contributed by atoms with van der Waals surface area (Å²) in [5.41, 5.74) is 0. The zero-order valence-electron chi connectivity index (χ0n) is 13.6. The van der Waals surface area contributed by atoms with Crippen LogP contribution in [0, 0.1) is 11.8 Å². The third kappa shape index (κ3) is 4.65. The molecule has 0 radical (unpaired) electrons. The minimum atomic E-state index is -0.370. The van der Waals surface area contributed by atoms with E-state index in [0.717, 1.165) is 19.3 Å². The highest BCUT2D eigenvalue weighted by Crippen LogP contribution is 2.35. The van der Waals surface area contributed by atoms with E-state index in [-0.39, 0.29) is 17.5 Å². The fourth-order valence-electron chi connectivity index (χ4n) is 3.39. The Bertz CT molecular complexity index is 355. The average molecular weight is 294 g/mol. The molecule has 120 valence electrons. The second-order valence-corrected chi connectivity index (χ2v) is 6.52. The number of allylic oxidation sites excluding steroid dienone is 2. The van der Waals surface area contributed by atoms with Crippen LogP contribution in [-0.2, 0) is 14.3 Å². The fourth-order valence-corrected chi connectivity index (χ4v) is 3.39. The highest BCUT2D eigenvalue weighted by atomic mass is 16.7. The summed E-state index contributed by atoms with van der Waals surface area (Å²) in [4.78, 5) is 11.6. The van der Waals surface area contributed by atoms with Crippen molar-refractivity contribution in [3.63, 3.8) is 0 Å². The SMILES string of the molecule is CCCCCCCC1(CC[C@H]2C=CC(=O)[C@@H]2C)OCCO1. The van der Waals surface area contributed by atoms with Crippen LogP contribution in [0.5, 0.6) is 0 Å². The zero-order valence-corrected chi connectivity index (χ0v) is 13.6. The molecular formula is C18H30O3. The molecule has 1 saturated heterocycles. The zero-order chi connectivity index (χ0) is 15.1. The van der Waals surface area contributed by atoms with Crippen molar-refractivity contribution in [1.82, 2.24) is 0 Å². The standard InChI is InChI=1S/C18H30O3/c1-3-4-5-6-7-11-18(20-13-14-21-18)12-10-16-8-9-17(19)15(16)2/h8-9,15-16H,3-7,10-14H2,1-2H3/t15-,16-/m1/s1. The number of carbonyl (C=O) groups excluding carboxylic acids is 1. The smallest absolute Gasteiger partial charge is 0.168 e. The van der Waals surface area contributed by atoms with Crippen LogP contribution in [0.25, 0.3) is 0 Å². The first-order valence-corrected chi connectivity index (χ1v) is 8.67. The summed E-state index contributed by atoms with van der Waals surface area (Å²) in [5.74, 6) is 0.392. The molecule has 1 aliphatic carbocycles. The normalized spacial score (nSPS) is 27.6. The lowest BCUT2D eigenvalue weighted by atomic mass is 9.89. The van der Waals surface area contributed by atoms with Gasteiger partial charge in [0, 0.05) is 18.8 Å². The summed E-state index contributed by atoms with van der Waals surface area (Å²) >= 11 is 0. The fraction of sp³-hybridized carbons (Fsp3) is 0.833. The average Bonchev–Trinajstić information content (AvgIpc) is 3.07. The first kappa shape index (κ1) is 16.7. The topological polar surface area (TPSA) is 35.5 Å². The van der Waals surface area contributed by atoms with E-state index >= 15 is 0 Å². The second kappa shape index (κ2) is 8.09. The van der Waals surface area contributed by atoms with Crippen LogP contribution in [0.2, 0.25) is 0 Å². The highest BCUT2D eigenvalue weighted by Gasteiger charge is 2.37. The predicted octanol–water partition coefficient (Wildman–Crippen LogP) is 4.26. The van der Waals surface area contributed by atoms with Crippen LogP contribution in [-0.4, -0.2) is 24.8 Å². The lowest BCUT2D eigenvalue weighted by molar-refractivity contribution is -0.170. The van der Waals surface area contributed by atoms with Gasteiger partial charge in [-0.2, -0.15) is 0 Å². The van der Waals surface area contributed by atoms with Crippen molar-refractivity contribution in [1.29, 1.82) is 0 Å². The molecule has 2 rings (SSSR count). The van der Waals surface area contributed by atoms with Crippen molar-refractivity contribution < 1.29 is 14.3 Å². The number of hydrogen-bond donors (Lipinski definition) is 0. The maximum Gasteiger partial charge on any atom is 0.168 e. The molecule has 0 bridgehead atoms. The Morgan fingerprint density at radius 3 is 2.48 bits per heavy atom. The van der Waals surface area contributed by atoms with Gasteiger partial charge in [-0.15, -0.1) is 0 Å². The Morgan fingerprint density at radius 2 is 1.86 bits per heavy atom. The van der Waals surface area contributed by atoms with Gasteiger partial charge in [0.25, 0.3) is 0 Å². The Labute approximate surface area is 129 Å². The van der Waals surface area contributed by atoms with Crippen molar-refractivity contribution in [2.75, 3.05) is 13.2 Å². The quantitative estimate of drug-likeness (QED) is 0.596. The van der Waals surface area contributed by atoms with Gasteiger partial charge in [0.15, 0.2) is 11.6 Å². The summed E-state index contributed by atoms with van der Waals surface area (Å²) in [7, 11) is 0. The molecule has 2 aliphatic rings. The first-order chi connectivity index (χ1) is 10.2. The molecular weight excluding hydrogens is 264 g/mol. The third-order valence-corrected chi connectivity index (χ3v) is 4.93. The van der Waals surface area contributed by atoms with Gasteiger partial charge < -0.3 is 9.47 Å². The molecule has 0 aromatic heterocycles. The van der Waals surface area contributed by atoms with Gasteiger partial charge >= 0.3 is 0 Å². The number of rotatable bonds is 9. The summed E-state index contributed by atoms with van der Waals surface area (Å²) in [6, 6.07) is 0. The second-order valence-electron chi connectivity index (χ2n) is 6.52. The van der Waals surface area contributed by atoms with Crippen LogP contribution >= 0.6 is 0 Å². The Hall–Kier alpha value is -0.670. The minimum absolute atomic E-state index is 0.132. The van der Waals surface area contributed by atoms with E-state index in [0.29, 0.717) is 19.1 Å². The van der Waals surface area contributed by atoms with Gasteiger partial charge in [-0.05, 0) is 24.8 Å². The van der Waals surface area contributed by atoms with Crippen molar-refractivity contribution >= 4 is 5.78 Å². The maximum absolute atomic E-state index is 11.6. The molecule has 1 heterocycles. The van der Waals surface area contributed by atoms with E-state index in [1.165, 1.54) is 32.1 Å². The van der Waals surface area contributed by atoms with E-state index in [9.17, 15) is 4.79 Å². The van der Waals surface area contributed by atoms with Crippen molar-refractivity contribution in [2.24, 2.45) is 11.8 Å². The summed E-state index contributed by atoms with van der Waals surface area (Å²) in [5, 5.41) is 0. The molecule has 0 amide bonds. The van der Waals surface area contributed by atoms with Gasteiger partial charge in [0.1, 0.15) is 0 Å². The molecule has 0 aromatic carbocycles. The third-order valence-electron chi connectivity index (χ3n) is 4.93. The highest BCUT2D eigenvalue weighted by molar-refractivity contribution is 5.94. The van der Waals surface area contributed by atoms with Crippen molar-refractivity contribution in [2.45, 2.75) is 71.0 Å². The number of unbranched alkanes of at least 4 members (excludes halogenated alkanes) is 4. The summed E-state index contributed by atoms with van der Waals surface area (Å²) in [6.45, 7) is 5.69. The van der Waals surface area contributed by atoms with E-state index in [1.54, 1.807) is 6.08 Å². The summed E-state index contributed by atoms with van der Waals surface area (Å²) < 4.78 is 11.9. The number of carbonyl (C=O) groups is 1. The van der Waals surface area contributed by atoms with Crippen LogP contribution in [0.1, 0.15) is 65.2 Å². The van der Waals surface area contributed by atoms with Crippen LogP contribution in [0.3, 0.4) is 0 Å². The largest absolute Gasteiger partial charge is 0.348 e. The maximum atomic E-state index is 11.6. The molecule has 0 saturated carbocycles. The lowest BCUT2D eigenvalue weighted by Crippen LogP contribution is -2.31. The number of hydrogen-bond acceptors (Lipinski definition) is 3. The lowest BCUT2D eigenvalue weighted by Gasteiger charge is -2.29. The van der Waals surface area contributed by atoms with Crippen molar-refractivity contribution in [3.05, 3.63) is 12.2 Å². The van der Waals surface area contributed by atoms with Gasteiger partial charge in [-0.3, -0.25) is 4.79 Å². The molecule has 0 N–H and O–H groups in total. The van der Waals surface area contributed by atoms with Crippen LogP contribution in [0.4, 0.5) is 0 Å². The molecule has 1 fully saturated rings. The monoisotopic (exact) mass is 294 g/mol. The van der Waals surface area contributed by atoms with E-state index < -0.39 is 0 Å². The van der Waals surface area contributed by atoms with Crippen LogP contribution < -0.4 is 0 Å². The van der Waals surface area contributed by atoms with E-state index in [1.807, 2.05) is 6.92 Å². The molecule has 3 heteroatoms. The Balaban J connectivity index is 1.76. The predicted molar refractivity (Wildman–Crippen MR) is 84.0 cm³/mol. The van der Waals surface area contributed by atoms with Crippen molar-refractivity contribution in [3.8, 4) is 0 Å². The minimum Gasteiger partial charge on any atom is -0.348 e. The van der Waals surface area contributed by atoms with Gasteiger partial charge in [-0.1, -0.05) is 45.6 Å². The molecule has 0 unspecified atom stereocenters. The molecule has 21 heavy (non-hydrogen) atoms. The van der Waals surface area contributed by atoms with Gasteiger partial charge in [0.05, 0.1) is 13.2 Å². The van der Waals surface area contributed by atoms with Gasteiger partial charge in [-0.25, -0.2) is 0 Å². The molecule has 0 aromatic rings. The number of ketones is 1. The number of ether oxygens (including phenoxy) is 2. The summed E-state index contributed by atoms with van der Waals surface area (Å²) in [6.07, 6.45) is 13.0. The Morgan fingerprint density at radius 1 is 1.14 bits per heavy atom. The van der Waals surface area contributed by atoms with Gasteiger partial charge in [0.2, 0.25) is 0 Å². The first-order valence-electron chi connectivity index (χ1n) is 8.67. The van der Waals surface area contributed by atoms with E-state index in [4.69, 9.17) is 9.47 Å². The Kier molecular flexibility index (Phi) is 6.43. The molecule has 1 aliphatic heterocycles. The van der Waals surface area contributed by atoms with Crippen LogP contribution in [0.15, 0.2) is 12.2 Å². The molecule has 2 atom stereocenters. The van der Waals surface area contributed by atoms with E-state index in [2.05, 4.69) is 13.0 Å². The molecule has 3 nitrogen and oxygen atoms in total. The molecule has 0 spiro atoms.